The van der Waals surface area contributed by atoms with E-state index in [1.807, 2.05) is 6.07 Å². The second-order valence-electron chi connectivity index (χ2n) is 7.42. The Balaban J connectivity index is 1.63. The number of methoxy groups -OCH3 is 1. The Bertz CT molecular complexity index is 1480. The summed E-state index contributed by atoms with van der Waals surface area (Å²) in [6, 6.07) is 17.8. The lowest BCUT2D eigenvalue weighted by Gasteiger charge is -2.10. The number of hydrogen-bond acceptors (Lipinski definition) is 6. The molecule has 9 nitrogen and oxygen atoms in total. The first-order valence-electron chi connectivity index (χ1n) is 9.83. The number of hydrogen-bond donors (Lipinski definition) is 5. The van der Waals surface area contributed by atoms with Crippen LogP contribution in [0.1, 0.15) is 11.1 Å². The fourth-order valence-electron chi connectivity index (χ4n) is 3.48. The monoisotopic (exact) mass is 466 g/mol. The van der Waals surface area contributed by atoms with Crippen molar-refractivity contribution >= 4 is 32.3 Å². The van der Waals surface area contributed by atoms with E-state index >= 15 is 0 Å². The van der Waals surface area contributed by atoms with Crippen molar-refractivity contribution < 1.29 is 23.4 Å². The Labute approximate surface area is 190 Å². The third-order valence-corrected chi connectivity index (χ3v) is 6.56. The lowest BCUT2D eigenvalue weighted by molar-refractivity contribution is 0.378. The number of aromatic nitrogens is 1. The first-order chi connectivity index (χ1) is 15.7. The first-order valence-corrected chi connectivity index (χ1v) is 11.3. The van der Waals surface area contributed by atoms with E-state index in [4.69, 9.17) is 15.9 Å². The van der Waals surface area contributed by atoms with Crippen molar-refractivity contribution in [1.29, 1.82) is 5.41 Å². The number of anilines is 1. The maximum absolute atomic E-state index is 13.0. The molecule has 1 aromatic heterocycles. The molecule has 0 bridgehead atoms. The van der Waals surface area contributed by atoms with Crippen LogP contribution in [0.3, 0.4) is 0 Å². The van der Waals surface area contributed by atoms with Crippen LogP contribution in [-0.2, 0) is 16.6 Å². The summed E-state index contributed by atoms with van der Waals surface area (Å²) in [5.41, 5.74) is 6.49. The quantitative estimate of drug-likeness (QED) is 0.208. The Morgan fingerprint density at radius 1 is 1.06 bits per heavy atom. The number of rotatable bonds is 7. The molecule has 0 atom stereocenters. The number of sulfonamides is 1. The van der Waals surface area contributed by atoms with E-state index in [9.17, 15) is 18.6 Å². The second kappa shape index (κ2) is 8.40. The topological polar surface area (TPSA) is 151 Å². The van der Waals surface area contributed by atoms with Crippen LogP contribution in [0.5, 0.6) is 17.5 Å². The van der Waals surface area contributed by atoms with Crippen molar-refractivity contribution in [2.45, 2.75) is 11.4 Å². The van der Waals surface area contributed by atoms with E-state index in [1.165, 1.54) is 19.2 Å². The molecule has 3 aromatic carbocycles. The van der Waals surface area contributed by atoms with Crippen molar-refractivity contribution in [2.24, 2.45) is 5.73 Å². The van der Waals surface area contributed by atoms with Gasteiger partial charge >= 0.3 is 0 Å². The fraction of sp³-hybridized carbons (Fsp3) is 0.0870. The van der Waals surface area contributed by atoms with E-state index < -0.39 is 15.9 Å². The summed E-state index contributed by atoms with van der Waals surface area (Å²) < 4.78 is 34.6. The molecule has 0 radical (unpaired) electrons. The van der Waals surface area contributed by atoms with Gasteiger partial charge in [-0.2, -0.15) is 0 Å². The molecule has 0 unspecified atom stereocenters. The maximum atomic E-state index is 13.0. The SMILES string of the molecule is COc1ccc2ccc(S(=O)(=O)Nc3cc(O)n(Cc4cccc(C(=N)N)c4)c3O)cc2c1. The molecule has 0 fully saturated rings. The van der Waals surface area contributed by atoms with Crippen LogP contribution in [0.4, 0.5) is 5.69 Å². The Kier molecular flexibility index (Phi) is 5.60. The van der Waals surface area contributed by atoms with E-state index in [0.29, 0.717) is 22.3 Å². The molecule has 6 N–H and O–H groups in total. The summed E-state index contributed by atoms with van der Waals surface area (Å²) in [5.74, 6) is -0.300. The number of fused-ring (bicyclic) bond motifs is 1. The zero-order valence-electron chi connectivity index (χ0n) is 17.6. The van der Waals surface area contributed by atoms with Gasteiger partial charge in [-0.1, -0.05) is 30.3 Å². The van der Waals surface area contributed by atoms with Crippen LogP contribution >= 0.6 is 0 Å². The van der Waals surface area contributed by atoms with Crippen LogP contribution in [-0.4, -0.2) is 36.1 Å². The summed E-state index contributed by atoms with van der Waals surface area (Å²) in [6.07, 6.45) is 0. The highest BCUT2D eigenvalue weighted by atomic mass is 32.2. The largest absolute Gasteiger partial charge is 0.497 e. The fourth-order valence-corrected chi connectivity index (χ4v) is 4.56. The summed E-state index contributed by atoms with van der Waals surface area (Å²) >= 11 is 0. The van der Waals surface area contributed by atoms with Crippen LogP contribution in [0.2, 0.25) is 0 Å². The van der Waals surface area contributed by atoms with Gasteiger partial charge < -0.3 is 20.7 Å². The van der Waals surface area contributed by atoms with Gasteiger partial charge in [0.05, 0.1) is 18.6 Å². The highest BCUT2D eigenvalue weighted by Crippen LogP contribution is 2.35. The minimum atomic E-state index is -4.06. The normalized spacial score (nSPS) is 11.4. The van der Waals surface area contributed by atoms with Crippen molar-refractivity contribution in [3.63, 3.8) is 0 Å². The van der Waals surface area contributed by atoms with Crippen molar-refractivity contribution in [3.8, 4) is 17.5 Å². The Morgan fingerprint density at radius 3 is 2.55 bits per heavy atom. The van der Waals surface area contributed by atoms with Gasteiger partial charge in [0.15, 0.2) is 5.88 Å². The molecule has 1 heterocycles. The molecular formula is C23H22N4O5S. The van der Waals surface area contributed by atoms with Gasteiger partial charge in [0, 0.05) is 11.6 Å². The molecule has 0 spiro atoms. The van der Waals surface area contributed by atoms with Gasteiger partial charge in [-0.3, -0.25) is 14.7 Å². The molecule has 0 aliphatic rings. The Morgan fingerprint density at radius 2 is 1.82 bits per heavy atom. The third-order valence-electron chi connectivity index (χ3n) is 5.20. The molecule has 33 heavy (non-hydrogen) atoms. The van der Waals surface area contributed by atoms with E-state index in [0.717, 1.165) is 16.0 Å². The predicted octanol–water partition coefficient (Wildman–Crippen LogP) is 3.19. The van der Waals surface area contributed by atoms with Crippen molar-refractivity contribution in [1.82, 2.24) is 4.57 Å². The predicted molar refractivity (Wildman–Crippen MR) is 126 cm³/mol. The average molecular weight is 467 g/mol. The summed E-state index contributed by atoms with van der Waals surface area (Å²) in [5, 5.41) is 30.0. The zero-order chi connectivity index (χ0) is 23.8. The number of nitrogens with one attached hydrogen (secondary N) is 2. The minimum absolute atomic E-state index is 0.0101. The summed E-state index contributed by atoms with van der Waals surface area (Å²) in [6.45, 7) is 0.0380. The zero-order valence-corrected chi connectivity index (χ0v) is 18.4. The van der Waals surface area contributed by atoms with Gasteiger partial charge in [0.25, 0.3) is 10.0 Å². The first kappa shape index (κ1) is 22.0. The number of amidine groups is 1. The van der Waals surface area contributed by atoms with Gasteiger partial charge in [-0.25, -0.2) is 8.42 Å². The third kappa shape index (κ3) is 4.41. The number of nitrogens with zero attached hydrogens (tertiary/aromatic N) is 1. The van der Waals surface area contributed by atoms with Crippen molar-refractivity contribution in [3.05, 3.63) is 77.9 Å². The number of ether oxygens (including phenoxy) is 1. The average Bonchev–Trinajstić information content (AvgIpc) is 3.05. The lowest BCUT2D eigenvalue weighted by Crippen LogP contribution is -2.13. The summed E-state index contributed by atoms with van der Waals surface area (Å²) in [7, 11) is -2.53. The van der Waals surface area contributed by atoms with Crippen molar-refractivity contribution in [2.75, 3.05) is 11.8 Å². The molecule has 0 aliphatic heterocycles. The molecule has 0 amide bonds. The van der Waals surface area contributed by atoms with Crippen LogP contribution in [0.25, 0.3) is 10.8 Å². The molecule has 4 aromatic rings. The molecule has 0 saturated carbocycles. The number of nitrogen functional groups attached to an aromatic ring is 1. The molecule has 170 valence electrons. The lowest BCUT2D eigenvalue weighted by atomic mass is 10.1. The molecule has 4 rings (SSSR count). The number of aromatic hydroxyl groups is 2. The van der Waals surface area contributed by atoms with Crippen LogP contribution < -0.4 is 15.2 Å². The molecule has 10 heteroatoms. The molecule has 0 aliphatic carbocycles. The standard InChI is InChI=1S/C23H22N4O5S/c1-32-18-7-5-15-6-8-19(11-17(15)10-18)33(30,31)26-20-12-21(28)27(23(20)29)13-14-3-2-4-16(9-14)22(24)25/h2-12,26,28-29H,13H2,1H3,(H3,24,25). The van der Waals surface area contributed by atoms with E-state index in [-0.39, 0.29) is 28.8 Å². The highest BCUT2D eigenvalue weighted by Gasteiger charge is 2.21. The minimum Gasteiger partial charge on any atom is -0.497 e. The van der Waals surface area contributed by atoms with Gasteiger partial charge in [-0.05, 0) is 46.7 Å². The second-order valence-corrected chi connectivity index (χ2v) is 9.10. The number of nitrogens with two attached hydrogens (primary N) is 1. The highest BCUT2D eigenvalue weighted by molar-refractivity contribution is 7.92. The van der Waals surface area contributed by atoms with Gasteiger partial charge in [-0.15, -0.1) is 0 Å². The van der Waals surface area contributed by atoms with Gasteiger partial charge in [0.2, 0.25) is 5.88 Å². The molecule has 0 saturated heterocycles. The van der Waals surface area contributed by atoms with Crippen LogP contribution in [0, 0.1) is 5.41 Å². The van der Waals surface area contributed by atoms with Gasteiger partial charge in [0.1, 0.15) is 17.3 Å². The van der Waals surface area contributed by atoms with E-state index in [1.54, 1.807) is 42.5 Å². The smallest absolute Gasteiger partial charge is 0.262 e. The number of benzene rings is 3. The maximum Gasteiger partial charge on any atom is 0.262 e. The molecular weight excluding hydrogens is 444 g/mol. The van der Waals surface area contributed by atoms with Crippen LogP contribution in [0.15, 0.2) is 71.6 Å². The summed E-state index contributed by atoms with van der Waals surface area (Å²) in [4.78, 5) is -0.0101. The van der Waals surface area contributed by atoms with E-state index in [2.05, 4.69) is 4.72 Å². The Hall–Kier alpha value is -4.18.